The quantitative estimate of drug-likeness (QED) is 0.254. The lowest BCUT2D eigenvalue weighted by Crippen LogP contribution is -2.40. The number of carbonyl (C=O) groups is 1. The van der Waals surface area contributed by atoms with Crippen LogP contribution >= 0.6 is 35.3 Å². The number of carbonyl (C=O) groups excluding carboxylic acids is 1. The van der Waals surface area contributed by atoms with E-state index in [4.69, 9.17) is 0 Å². The number of thiophene rings is 1. The number of nitrogens with one attached hydrogen (secondary N) is 2. The van der Waals surface area contributed by atoms with Crippen LogP contribution in [0, 0.1) is 0 Å². The predicted octanol–water partition coefficient (Wildman–Crippen LogP) is 3.42. The van der Waals surface area contributed by atoms with Crippen molar-refractivity contribution in [2.75, 3.05) is 33.7 Å². The van der Waals surface area contributed by atoms with Gasteiger partial charge in [0.1, 0.15) is 6.54 Å². The third-order valence-corrected chi connectivity index (χ3v) is 5.17. The molecule has 0 radical (unpaired) electrons. The Hall–Kier alpha value is -1.09. The molecule has 5 nitrogen and oxygen atoms in total. The van der Waals surface area contributed by atoms with Gasteiger partial charge in [-0.3, -0.25) is 4.79 Å². The van der Waals surface area contributed by atoms with Gasteiger partial charge >= 0.3 is 0 Å². The molecule has 1 heterocycles. The van der Waals surface area contributed by atoms with E-state index < -0.39 is 0 Å². The lowest BCUT2D eigenvalue weighted by molar-refractivity contribution is -0.127. The second-order valence-corrected chi connectivity index (χ2v) is 7.53. The summed E-state index contributed by atoms with van der Waals surface area (Å²) in [5.41, 5.74) is 1.54. The molecule has 1 aliphatic carbocycles. The fourth-order valence-electron chi connectivity index (χ4n) is 2.69. The Morgan fingerprint density at radius 2 is 2.00 bits per heavy atom. The Morgan fingerprint density at radius 1 is 1.23 bits per heavy atom. The number of allylic oxidation sites excluding steroid dienone is 1. The third kappa shape index (κ3) is 9.02. The Bertz CT molecular complexity index is 584. The van der Waals surface area contributed by atoms with Crippen LogP contribution in [0.1, 0.15) is 37.0 Å². The number of hydrogen-bond acceptors (Lipinski definition) is 3. The summed E-state index contributed by atoms with van der Waals surface area (Å²) in [6.45, 7) is 1.84. The van der Waals surface area contributed by atoms with E-state index in [9.17, 15) is 4.79 Å². The molecule has 0 aromatic carbocycles. The minimum absolute atomic E-state index is 0. The van der Waals surface area contributed by atoms with Crippen molar-refractivity contribution < 1.29 is 4.79 Å². The lowest BCUT2D eigenvalue weighted by Gasteiger charge is -2.16. The second kappa shape index (κ2) is 13.1. The molecular weight excluding hydrogens is 459 g/mol. The SMILES string of the molecule is CN(C)C(=O)CN=C(NCCC1=CCCCC1)NCCc1cccs1.I. The van der Waals surface area contributed by atoms with Crippen LogP contribution in [0.5, 0.6) is 0 Å². The summed E-state index contributed by atoms with van der Waals surface area (Å²) in [7, 11) is 3.51. The molecule has 2 N–H and O–H groups in total. The molecule has 1 aliphatic rings. The van der Waals surface area contributed by atoms with Gasteiger partial charge in [0, 0.05) is 32.1 Å². The number of rotatable bonds is 8. The average molecular weight is 490 g/mol. The van der Waals surface area contributed by atoms with Crippen molar-refractivity contribution in [2.45, 2.75) is 38.5 Å². The van der Waals surface area contributed by atoms with E-state index in [1.165, 1.54) is 30.6 Å². The van der Waals surface area contributed by atoms with Crippen LogP contribution in [0.2, 0.25) is 0 Å². The van der Waals surface area contributed by atoms with E-state index >= 15 is 0 Å². The number of nitrogens with zero attached hydrogens (tertiary/aromatic N) is 2. The number of aliphatic imine (C=N–C) groups is 1. The van der Waals surface area contributed by atoms with Gasteiger partial charge in [0.05, 0.1) is 0 Å². The largest absolute Gasteiger partial charge is 0.356 e. The molecule has 0 saturated heterocycles. The Kier molecular flexibility index (Phi) is 11.6. The molecule has 1 aromatic heterocycles. The fourth-order valence-corrected chi connectivity index (χ4v) is 3.40. The minimum atomic E-state index is 0. The van der Waals surface area contributed by atoms with Gasteiger partial charge in [-0.1, -0.05) is 17.7 Å². The summed E-state index contributed by atoms with van der Waals surface area (Å²) in [6, 6.07) is 4.21. The molecule has 1 amide bonds. The molecule has 1 aromatic rings. The van der Waals surface area contributed by atoms with Gasteiger partial charge < -0.3 is 15.5 Å². The van der Waals surface area contributed by atoms with E-state index in [1.54, 1.807) is 35.9 Å². The van der Waals surface area contributed by atoms with E-state index in [0.29, 0.717) is 0 Å². The van der Waals surface area contributed by atoms with Crippen molar-refractivity contribution in [3.63, 3.8) is 0 Å². The van der Waals surface area contributed by atoms with Crippen LogP contribution < -0.4 is 10.6 Å². The molecular formula is C19H31IN4OS. The molecule has 0 spiro atoms. The number of halogens is 1. The van der Waals surface area contributed by atoms with E-state index in [2.05, 4.69) is 39.2 Å². The van der Waals surface area contributed by atoms with Gasteiger partial charge in [-0.25, -0.2) is 4.99 Å². The highest BCUT2D eigenvalue weighted by Gasteiger charge is 2.06. The van der Waals surface area contributed by atoms with Crippen LogP contribution in [0.25, 0.3) is 0 Å². The molecule has 0 aliphatic heterocycles. The normalized spacial score (nSPS) is 14.2. The van der Waals surface area contributed by atoms with Gasteiger partial charge in [0.15, 0.2) is 5.96 Å². The van der Waals surface area contributed by atoms with Crippen molar-refractivity contribution in [1.29, 1.82) is 0 Å². The van der Waals surface area contributed by atoms with Gasteiger partial charge in [0.2, 0.25) is 5.91 Å². The number of guanidine groups is 1. The minimum Gasteiger partial charge on any atom is -0.356 e. The van der Waals surface area contributed by atoms with Crippen LogP contribution in [-0.2, 0) is 11.2 Å². The summed E-state index contributed by atoms with van der Waals surface area (Å²) in [6.07, 6.45) is 9.45. The zero-order chi connectivity index (χ0) is 17.9. The first-order chi connectivity index (χ1) is 12.1. The number of likely N-dealkylation sites (N-methyl/N-ethyl adjacent to an activating group) is 1. The van der Waals surface area contributed by atoms with Crippen LogP contribution in [-0.4, -0.2) is 50.5 Å². The third-order valence-electron chi connectivity index (χ3n) is 4.24. The van der Waals surface area contributed by atoms with Crippen LogP contribution in [0.4, 0.5) is 0 Å². The summed E-state index contributed by atoms with van der Waals surface area (Å²) in [5.74, 6) is 0.734. The maximum Gasteiger partial charge on any atom is 0.243 e. The van der Waals surface area contributed by atoms with Crippen molar-refractivity contribution in [2.24, 2.45) is 4.99 Å². The zero-order valence-electron chi connectivity index (χ0n) is 15.8. The molecule has 0 bridgehead atoms. The van der Waals surface area contributed by atoms with Crippen molar-refractivity contribution in [3.05, 3.63) is 34.0 Å². The summed E-state index contributed by atoms with van der Waals surface area (Å²) in [5, 5.41) is 8.81. The Labute approximate surface area is 178 Å². The lowest BCUT2D eigenvalue weighted by atomic mass is 9.97. The number of amides is 1. The molecule has 26 heavy (non-hydrogen) atoms. The highest BCUT2D eigenvalue weighted by atomic mass is 127. The average Bonchev–Trinajstić information content (AvgIpc) is 3.13. The van der Waals surface area contributed by atoms with Crippen LogP contribution in [0.3, 0.4) is 0 Å². The smallest absolute Gasteiger partial charge is 0.243 e. The summed E-state index contributed by atoms with van der Waals surface area (Å²) < 4.78 is 0. The number of hydrogen-bond donors (Lipinski definition) is 2. The van der Waals surface area contributed by atoms with Crippen LogP contribution in [0.15, 0.2) is 34.2 Å². The Morgan fingerprint density at radius 3 is 2.62 bits per heavy atom. The molecule has 0 saturated carbocycles. The first-order valence-corrected chi connectivity index (χ1v) is 9.96. The van der Waals surface area contributed by atoms with Gasteiger partial charge in [0.25, 0.3) is 0 Å². The molecule has 0 unspecified atom stereocenters. The highest BCUT2D eigenvalue weighted by molar-refractivity contribution is 14.0. The predicted molar refractivity (Wildman–Crippen MR) is 122 cm³/mol. The van der Waals surface area contributed by atoms with Gasteiger partial charge in [-0.2, -0.15) is 0 Å². The monoisotopic (exact) mass is 490 g/mol. The van der Waals surface area contributed by atoms with E-state index in [0.717, 1.165) is 31.9 Å². The summed E-state index contributed by atoms with van der Waals surface area (Å²) in [4.78, 5) is 19.1. The molecule has 7 heteroatoms. The molecule has 0 fully saturated rings. The Balaban J connectivity index is 0.00000338. The fraction of sp³-hybridized carbons (Fsp3) is 0.579. The first kappa shape index (κ1) is 23.0. The van der Waals surface area contributed by atoms with Crippen molar-refractivity contribution >= 4 is 47.2 Å². The van der Waals surface area contributed by atoms with E-state index in [1.807, 2.05) is 0 Å². The molecule has 2 rings (SSSR count). The molecule has 0 atom stereocenters. The van der Waals surface area contributed by atoms with Gasteiger partial charge in [-0.05, 0) is 50.0 Å². The summed E-state index contributed by atoms with van der Waals surface area (Å²) >= 11 is 1.76. The molecule has 146 valence electrons. The van der Waals surface area contributed by atoms with Crippen molar-refractivity contribution in [1.82, 2.24) is 15.5 Å². The maximum absolute atomic E-state index is 11.8. The maximum atomic E-state index is 11.8. The van der Waals surface area contributed by atoms with E-state index in [-0.39, 0.29) is 36.4 Å². The second-order valence-electron chi connectivity index (χ2n) is 6.49. The zero-order valence-corrected chi connectivity index (χ0v) is 18.9. The first-order valence-electron chi connectivity index (χ1n) is 9.08. The highest BCUT2D eigenvalue weighted by Crippen LogP contribution is 2.19. The van der Waals surface area contributed by atoms with Gasteiger partial charge in [-0.15, -0.1) is 35.3 Å². The topological polar surface area (TPSA) is 56.7 Å². The van der Waals surface area contributed by atoms with Crippen molar-refractivity contribution in [3.8, 4) is 0 Å². The standard InChI is InChI=1S/C19H30N4OS.HI/c1-23(2)18(24)15-22-19(21-13-11-17-9-6-14-25-17)20-12-10-16-7-4-3-5-8-16;/h6-7,9,14H,3-5,8,10-13,15H2,1-2H3,(H2,20,21,22);1H.